The van der Waals surface area contributed by atoms with Gasteiger partial charge in [0.05, 0.1) is 6.10 Å². The van der Waals surface area contributed by atoms with Crippen LogP contribution in [0.4, 0.5) is 0 Å². The van der Waals surface area contributed by atoms with E-state index in [2.05, 4.69) is 9.44 Å². The highest BCUT2D eigenvalue weighted by molar-refractivity contribution is 7.87. The smallest absolute Gasteiger partial charge is 0.277 e. The molecule has 0 aliphatic heterocycles. The normalized spacial score (nSPS) is 15.7. The largest absolute Gasteiger partial charge is 0.391 e. The van der Waals surface area contributed by atoms with E-state index in [1.165, 1.54) is 0 Å². The Labute approximate surface area is 92.4 Å². The lowest BCUT2D eigenvalue weighted by Crippen LogP contribution is -2.48. The molecular formula is C9H22N2O3S. The molecule has 1 atom stereocenters. The average Bonchev–Trinajstić information content (AvgIpc) is 1.95. The maximum absolute atomic E-state index is 11.4. The molecule has 6 heteroatoms. The first-order chi connectivity index (χ1) is 6.53. The average molecular weight is 238 g/mol. The van der Waals surface area contributed by atoms with Crippen LogP contribution < -0.4 is 9.44 Å². The van der Waals surface area contributed by atoms with Crippen LogP contribution in [0.3, 0.4) is 0 Å². The molecule has 0 fully saturated rings. The Morgan fingerprint density at radius 2 is 1.73 bits per heavy atom. The van der Waals surface area contributed by atoms with Crippen LogP contribution in [0.1, 0.15) is 34.6 Å². The molecule has 1 unspecified atom stereocenters. The first-order valence-electron chi connectivity index (χ1n) is 5.00. The summed E-state index contributed by atoms with van der Waals surface area (Å²) in [6, 6.07) is 0. The van der Waals surface area contributed by atoms with Gasteiger partial charge in [-0.3, -0.25) is 0 Å². The first-order valence-corrected chi connectivity index (χ1v) is 6.48. The summed E-state index contributed by atoms with van der Waals surface area (Å²) in [5.41, 5.74) is -0.519. The number of hydrogen-bond acceptors (Lipinski definition) is 3. The zero-order valence-corrected chi connectivity index (χ0v) is 10.9. The van der Waals surface area contributed by atoms with Gasteiger partial charge >= 0.3 is 0 Å². The summed E-state index contributed by atoms with van der Waals surface area (Å²) in [6.07, 6.45) is -0.665. The zero-order valence-electron chi connectivity index (χ0n) is 10.0. The van der Waals surface area contributed by atoms with Gasteiger partial charge in [-0.2, -0.15) is 17.9 Å². The van der Waals surface area contributed by atoms with Gasteiger partial charge < -0.3 is 5.11 Å². The van der Waals surface area contributed by atoms with Gasteiger partial charge in [0.25, 0.3) is 10.2 Å². The van der Waals surface area contributed by atoms with Crippen molar-refractivity contribution in [3.63, 3.8) is 0 Å². The van der Waals surface area contributed by atoms with Gasteiger partial charge in [-0.05, 0) is 26.7 Å². The lowest BCUT2D eigenvalue weighted by atomic mass is 10.1. The summed E-state index contributed by atoms with van der Waals surface area (Å²) < 4.78 is 27.6. The number of hydrogen-bond donors (Lipinski definition) is 3. The van der Waals surface area contributed by atoms with Crippen LogP contribution in [-0.4, -0.2) is 31.7 Å². The van der Waals surface area contributed by atoms with Gasteiger partial charge in [-0.25, -0.2) is 0 Å². The van der Waals surface area contributed by atoms with E-state index in [-0.39, 0.29) is 12.5 Å². The summed E-state index contributed by atoms with van der Waals surface area (Å²) in [4.78, 5) is 0. The van der Waals surface area contributed by atoms with Gasteiger partial charge in [0.1, 0.15) is 0 Å². The molecule has 0 aliphatic rings. The molecule has 15 heavy (non-hydrogen) atoms. The van der Waals surface area contributed by atoms with Crippen molar-refractivity contribution in [2.24, 2.45) is 5.92 Å². The fourth-order valence-electron chi connectivity index (χ4n) is 0.870. The van der Waals surface area contributed by atoms with Crippen molar-refractivity contribution in [3.05, 3.63) is 0 Å². The maximum Gasteiger partial charge on any atom is 0.277 e. The van der Waals surface area contributed by atoms with E-state index in [0.717, 1.165) is 0 Å². The van der Waals surface area contributed by atoms with Gasteiger partial charge in [-0.15, -0.1) is 0 Å². The molecule has 0 amide bonds. The van der Waals surface area contributed by atoms with Crippen molar-refractivity contribution < 1.29 is 13.5 Å². The van der Waals surface area contributed by atoms with Gasteiger partial charge in [0, 0.05) is 12.1 Å². The minimum atomic E-state index is -3.53. The Morgan fingerprint density at radius 3 is 2.07 bits per heavy atom. The number of aliphatic hydroxyl groups excluding tert-OH is 1. The van der Waals surface area contributed by atoms with Crippen molar-refractivity contribution in [1.82, 2.24) is 9.44 Å². The minimum absolute atomic E-state index is 0.0299. The third-order valence-electron chi connectivity index (χ3n) is 1.69. The Hall–Kier alpha value is -0.170. The van der Waals surface area contributed by atoms with Crippen LogP contribution in [0.15, 0.2) is 0 Å². The van der Waals surface area contributed by atoms with E-state index in [4.69, 9.17) is 0 Å². The van der Waals surface area contributed by atoms with Crippen molar-refractivity contribution in [1.29, 1.82) is 0 Å². The summed E-state index contributed by atoms with van der Waals surface area (Å²) in [5.74, 6) is 0.0299. The fourth-order valence-corrected chi connectivity index (χ4v) is 2.14. The Kier molecular flexibility index (Phi) is 5.19. The van der Waals surface area contributed by atoms with Crippen molar-refractivity contribution in [3.8, 4) is 0 Å². The monoisotopic (exact) mass is 238 g/mol. The van der Waals surface area contributed by atoms with E-state index < -0.39 is 21.9 Å². The van der Waals surface area contributed by atoms with Crippen LogP contribution in [0, 0.1) is 5.92 Å². The lowest BCUT2D eigenvalue weighted by molar-refractivity contribution is 0.129. The molecule has 0 saturated heterocycles. The third-order valence-corrected chi connectivity index (χ3v) is 3.12. The maximum atomic E-state index is 11.4. The summed E-state index contributed by atoms with van der Waals surface area (Å²) in [7, 11) is -3.53. The van der Waals surface area contributed by atoms with Crippen LogP contribution >= 0.6 is 0 Å². The Bertz CT molecular complexity index is 280. The highest BCUT2D eigenvalue weighted by atomic mass is 32.2. The van der Waals surface area contributed by atoms with Crippen LogP contribution in [0.2, 0.25) is 0 Å². The highest BCUT2D eigenvalue weighted by Crippen LogP contribution is 2.02. The molecule has 3 N–H and O–H groups in total. The topological polar surface area (TPSA) is 78.4 Å². The van der Waals surface area contributed by atoms with Crippen molar-refractivity contribution >= 4 is 10.2 Å². The molecule has 5 nitrogen and oxygen atoms in total. The standard InChI is InChI=1S/C9H22N2O3S/c1-7(2)8(12)6-10-15(13,14)11-9(3,4)5/h7-8,10-12H,6H2,1-5H3. The first kappa shape index (κ1) is 14.8. The fraction of sp³-hybridized carbons (Fsp3) is 1.00. The van der Waals surface area contributed by atoms with Gasteiger partial charge in [0.15, 0.2) is 0 Å². The van der Waals surface area contributed by atoms with Crippen LogP contribution in [0.25, 0.3) is 0 Å². The second-order valence-electron chi connectivity index (χ2n) is 5.02. The Balaban J connectivity index is 4.18. The number of aliphatic hydroxyl groups is 1. The summed E-state index contributed by atoms with van der Waals surface area (Å²) in [5, 5.41) is 9.43. The predicted molar refractivity (Wildman–Crippen MR) is 60.7 cm³/mol. The van der Waals surface area contributed by atoms with E-state index in [0.29, 0.717) is 0 Å². The SMILES string of the molecule is CC(C)C(O)CNS(=O)(=O)NC(C)(C)C. The van der Waals surface area contributed by atoms with Gasteiger partial charge in [-0.1, -0.05) is 13.8 Å². The van der Waals surface area contributed by atoms with E-state index in [1.807, 2.05) is 13.8 Å². The quantitative estimate of drug-likeness (QED) is 0.641. The second-order valence-corrected chi connectivity index (χ2v) is 6.51. The van der Waals surface area contributed by atoms with Crippen molar-refractivity contribution in [2.45, 2.75) is 46.3 Å². The summed E-state index contributed by atoms with van der Waals surface area (Å²) in [6.45, 7) is 8.96. The highest BCUT2D eigenvalue weighted by Gasteiger charge is 2.20. The van der Waals surface area contributed by atoms with Gasteiger partial charge in [0.2, 0.25) is 0 Å². The van der Waals surface area contributed by atoms with Crippen LogP contribution in [-0.2, 0) is 10.2 Å². The molecule has 0 bridgehead atoms. The number of rotatable bonds is 5. The molecule has 0 spiro atoms. The molecule has 92 valence electrons. The molecule has 0 rings (SSSR count). The molecule has 0 saturated carbocycles. The zero-order chi connectivity index (χ0) is 12.3. The minimum Gasteiger partial charge on any atom is -0.391 e. The molecular weight excluding hydrogens is 216 g/mol. The van der Waals surface area contributed by atoms with E-state index in [1.54, 1.807) is 20.8 Å². The van der Waals surface area contributed by atoms with E-state index in [9.17, 15) is 13.5 Å². The summed E-state index contributed by atoms with van der Waals surface area (Å²) >= 11 is 0. The molecule has 0 heterocycles. The molecule has 0 aliphatic carbocycles. The Morgan fingerprint density at radius 1 is 1.27 bits per heavy atom. The molecule has 0 aromatic heterocycles. The lowest BCUT2D eigenvalue weighted by Gasteiger charge is -2.22. The number of nitrogens with one attached hydrogen (secondary N) is 2. The second kappa shape index (κ2) is 5.25. The molecule has 0 radical (unpaired) electrons. The molecule has 0 aromatic carbocycles. The predicted octanol–water partition coefficient (Wildman–Crippen LogP) is 0.226. The molecule has 0 aromatic rings. The van der Waals surface area contributed by atoms with Crippen molar-refractivity contribution in [2.75, 3.05) is 6.54 Å². The van der Waals surface area contributed by atoms with Crippen LogP contribution in [0.5, 0.6) is 0 Å². The van der Waals surface area contributed by atoms with E-state index >= 15 is 0 Å². The third kappa shape index (κ3) is 7.72.